The minimum absolute atomic E-state index is 0.172. The van der Waals surface area contributed by atoms with Gasteiger partial charge in [-0.3, -0.25) is 0 Å². The Morgan fingerprint density at radius 2 is 1.85 bits per heavy atom. The van der Waals surface area contributed by atoms with Crippen LogP contribution in [0.15, 0.2) is 23.1 Å². The third kappa shape index (κ3) is 3.70. The van der Waals surface area contributed by atoms with Crippen molar-refractivity contribution in [2.24, 2.45) is 5.73 Å². The Balaban J connectivity index is 3.26. The van der Waals surface area contributed by atoms with Crippen molar-refractivity contribution in [3.05, 3.63) is 29.6 Å². The fourth-order valence-corrected chi connectivity index (χ4v) is 3.18. The predicted molar refractivity (Wildman–Crippen MR) is 75.2 cm³/mol. The third-order valence-corrected chi connectivity index (χ3v) is 4.65. The van der Waals surface area contributed by atoms with Crippen molar-refractivity contribution in [2.45, 2.75) is 4.90 Å². The van der Waals surface area contributed by atoms with Crippen molar-refractivity contribution in [3.8, 4) is 0 Å². The Bertz CT molecular complexity index is 586. The molecule has 112 valence electrons. The molecule has 9 heteroatoms. The lowest BCUT2D eigenvalue weighted by Gasteiger charge is -2.20. The Labute approximate surface area is 121 Å². The van der Waals surface area contributed by atoms with Gasteiger partial charge < -0.3 is 15.9 Å². The van der Waals surface area contributed by atoms with Gasteiger partial charge in [0, 0.05) is 18.7 Å². The summed E-state index contributed by atoms with van der Waals surface area (Å²) in [5.41, 5.74) is 5.15. The summed E-state index contributed by atoms with van der Waals surface area (Å²) in [5, 5.41) is 17.7. The molecule has 1 aromatic carbocycles. The lowest BCUT2D eigenvalue weighted by Crippen LogP contribution is -2.36. The lowest BCUT2D eigenvalue weighted by atomic mass is 10.2. The van der Waals surface area contributed by atoms with E-state index in [1.165, 1.54) is 0 Å². The van der Waals surface area contributed by atoms with E-state index in [0.717, 1.165) is 22.5 Å². The molecule has 0 radical (unpaired) electrons. The lowest BCUT2D eigenvalue weighted by molar-refractivity contribution is 0.217. The van der Waals surface area contributed by atoms with Crippen LogP contribution in [-0.2, 0) is 10.0 Å². The molecule has 0 atom stereocenters. The SMILES string of the molecule is NC(=S)c1cc(S(=O)(=O)N(CCO)CCO)ccc1F. The number of hydrogen-bond acceptors (Lipinski definition) is 5. The zero-order valence-corrected chi connectivity index (χ0v) is 12.1. The van der Waals surface area contributed by atoms with Crippen molar-refractivity contribution < 1.29 is 23.0 Å². The van der Waals surface area contributed by atoms with Crippen molar-refractivity contribution >= 4 is 27.2 Å². The molecule has 0 bridgehead atoms. The van der Waals surface area contributed by atoms with Crippen molar-refractivity contribution in [2.75, 3.05) is 26.3 Å². The van der Waals surface area contributed by atoms with Crippen molar-refractivity contribution in [1.29, 1.82) is 0 Å². The van der Waals surface area contributed by atoms with Gasteiger partial charge in [-0.2, -0.15) is 4.31 Å². The highest BCUT2D eigenvalue weighted by molar-refractivity contribution is 7.89. The number of rotatable bonds is 7. The molecule has 1 aromatic rings. The van der Waals surface area contributed by atoms with Gasteiger partial charge in [-0.15, -0.1) is 0 Å². The zero-order chi connectivity index (χ0) is 15.3. The van der Waals surface area contributed by atoms with Crippen LogP contribution in [0.5, 0.6) is 0 Å². The molecule has 20 heavy (non-hydrogen) atoms. The van der Waals surface area contributed by atoms with Crippen LogP contribution in [-0.4, -0.2) is 54.2 Å². The average molecular weight is 322 g/mol. The molecule has 0 saturated carbocycles. The van der Waals surface area contributed by atoms with Gasteiger partial charge in [-0.05, 0) is 18.2 Å². The quantitative estimate of drug-likeness (QED) is 0.581. The molecule has 0 saturated heterocycles. The zero-order valence-electron chi connectivity index (χ0n) is 10.5. The maximum atomic E-state index is 13.4. The van der Waals surface area contributed by atoms with E-state index in [1.807, 2.05) is 0 Å². The summed E-state index contributed by atoms with van der Waals surface area (Å²) < 4.78 is 38.9. The molecule has 0 unspecified atom stereocenters. The molecule has 0 aliphatic heterocycles. The molecule has 0 heterocycles. The summed E-state index contributed by atoms with van der Waals surface area (Å²) >= 11 is 4.65. The molecular formula is C11H15FN2O4S2. The summed E-state index contributed by atoms with van der Waals surface area (Å²) in [7, 11) is -3.97. The fourth-order valence-electron chi connectivity index (χ4n) is 1.58. The maximum absolute atomic E-state index is 13.4. The molecule has 1 rings (SSSR count). The summed E-state index contributed by atoms with van der Waals surface area (Å²) in [6.45, 7) is -1.16. The van der Waals surface area contributed by atoms with Crippen molar-refractivity contribution in [3.63, 3.8) is 0 Å². The molecule has 0 aliphatic carbocycles. The van der Waals surface area contributed by atoms with E-state index in [-0.39, 0.29) is 28.5 Å². The minimum Gasteiger partial charge on any atom is -0.395 e. The monoisotopic (exact) mass is 322 g/mol. The minimum atomic E-state index is -3.97. The second kappa shape index (κ2) is 7.04. The van der Waals surface area contributed by atoms with E-state index in [2.05, 4.69) is 12.2 Å². The van der Waals surface area contributed by atoms with Crippen molar-refractivity contribution in [1.82, 2.24) is 4.31 Å². The van der Waals surface area contributed by atoms with Gasteiger partial charge in [-0.1, -0.05) is 12.2 Å². The van der Waals surface area contributed by atoms with Crippen LogP contribution in [0.4, 0.5) is 4.39 Å². The molecule has 0 fully saturated rings. The van der Waals surface area contributed by atoms with Crippen LogP contribution in [0.25, 0.3) is 0 Å². The number of aliphatic hydroxyl groups excluding tert-OH is 2. The first-order chi connectivity index (χ1) is 9.34. The number of sulfonamides is 1. The van der Waals surface area contributed by atoms with Crippen LogP contribution in [0.2, 0.25) is 0 Å². The number of hydrogen-bond donors (Lipinski definition) is 3. The van der Waals surface area contributed by atoms with E-state index in [4.69, 9.17) is 15.9 Å². The topological polar surface area (TPSA) is 104 Å². The Kier molecular flexibility index (Phi) is 5.96. The molecule has 0 aromatic heterocycles. The van der Waals surface area contributed by atoms with Gasteiger partial charge in [0.15, 0.2) is 0 Å². The Morgan fingerprint density at radius 1 is 1.30 bits per heavy atom. The van der Waals surface area contributed by atoms with Gasteiger partial charge in [0.1, 0.15) is 10.8 Å². The second-order valence-electron chi connectivity index (χ2n) is 3.86. The van der Waals surface area contributed by atoms with Gasteiger partial charge in [-0.25, -0.2) is 12.8 Å². The van der Waals surface area contributed by atoms with E-state index in [1.54, 1.807) is 0 Å². The Hall–Kier alpha value is -1.13. The fraction of sp³-hybridized carbons (Fsp3) is 0.364. The van der Waals surface area contributed by atoms with Gasteiger partial charge >= 0.3 is 0 Å². The van der Waals surface area contributed by atoms with E-state index in [9.17, 15) is 12.8 Å². The van der Waals surface area contributed by atoms with E-state index in [0.29, 0.717) is 0 Å². The number of aliphatic hydroxyl groups is 2. The van der Waals surface area contributed by atoms with Crippen LogP contribution in [0.1, 0.15) is 5.56 Å². The summed E-state index contributed by atoms with van der Waals surface area (Å²) in [6, 6.07) is 3.07. The third-order valence-electron chi connectivity index (χ3n) is 2.54. The molecular weight excluding hydrogens is 307 g/mol. The molecule has 6 nitrogen and oxygen atoms in total. The standard InChI is InChI=1S/C11H15FN2O4S2/c12-10-2-1-8(7-9(10)11(13)19)20(17,18)14(3-5-15)4-6-16/h1-2,7,15-16H,3-6H2,(H2,13,19). The molecule has 0 aliphatic rings. The normalized spacial score (nSPS) is 11.8. The van der Waals surface area contributed by atoms with Crippen LogP contribution < -0.4 is 5.73 Å². The average Bonchev–Trinajstić information content (AvgIpc) is 2.38. The van der Waals surface area contributed by atoms with Gasteiger partial charge in [0.2, 0.25) is 10.0 Å². The predicted octanol–water partition coefficient (Wildman–Crippen LogP) is -0.565. The van der Waals surface area contributed by atoms with Gasteiger partial charge in [0.25, 0.3) is 0 Å². The Morgan fingerprint density at radius 3 is 2.30 bits per heavy atom. The number of nitrogens with two attached hydrogens (primary N) is 1. The molecule has 4 N–H and O–H groups in total. The van der Waals surface area contributed by atoms with Crippen LogP contribution in [0, 0.1) is 5.82 Å². The smallest absolute Gasteiger partial charge is 0.243 e. The first-order valence-corrected chi connectivity index (χ1v) is 7.50. The number of halogens is 1. The first kappa shape index (κ1) is 16.9. The molecule has 0 amide bonds. The maximum Gasteiger partial charge on any atom is 0.243 e. The van der Waals surface area contributed by atoms with E-state index < -0.39 is 29.1 Å². The first-order valence-electron chi connectivity index (χ1n) is 5.65. The summed E-state index contributed by atoms with van der Waals surface area (Å²) in [6.07, 6.45) is 0. The number of thiocarbonyl (C=S) groups is 1. The van der Waals surface area contributed by atoms with Crippen LogP contribution in [0.3, 0.4) is 0 Å². The number of benzene rings is 1. The highest BCUT2D eigenvalue weighted by Crippen LogP contribution is 2.19. The van der Waals surface area contributed by atoms with E-state index >= 15 is 0 Å². The highest BCUT2D eigenvalue weighted by Gasteiger charge is 2.24. The highest BCUT2D eigenvalue weighted by atomic mass is 32.2. The second-order valence-corrected chi connectivity index (χ2v) is 6.23. The molecule has 0 spiro atoms. The largest absolute Gasteiger partial charge is 0.395 e. The number of nitrogens with zero attached hydrogens (tertiary/aromatic N) is 1. The van der Waals surface area contributed by atoms with Crippen LogP contribution >= 0.6 is 12.2 Å². The van der Waals surface area contributed by atoms with Gasteiger partial charge in [0.05, 0.1) is 18.1 Å². The summed E-state index contributed by atoms with van der Waals surface area (Å²) in [4.78, 5) is -0.459. The summed E-state index contributed by atoms with van der Waals surface area (Å²) in [5.74, 6) is -0.715.